The number of ether oxygens (including phenoxy) is 2. The van der Waals surface area contributed by atoms with Crippen molar-refractivity contribution in [2.24, 2.45) is 0 Å². The van der Waals surface area contributed by atoms with Crippen LogP contribution in [0.15, 0.2) is 36.8 Å². The molecule has 1 aliphatic heterocycles. The van der Waals surface area contributed by atoms with Crippen molar-refractivity contribution in [3.63, 3.8) is 0 Å². The maximum atomic E-state index is 15.3. The minimum Gasteiger partial charge on any atom is -0.494 e. The number of carbonyl (C=O) groups is 1. The summed E-state index contributed by atoms with van der Waals surface area (Å²) in [6, 6.07) is 5.13. The molecule has 5 rings (SSSR count). The van der Waals surface area contributed by atoms with Gasteiger partial charge in [-0.3, -0.25) is 19.4 Å². The van der Waals surface area contributed by atoms with Crippen molar-refractivity contribution in [2.75, 3.05) is 27.3 Å². The van der Waals surface area contributed by atoms with Crippen LogP contribution in [0.2, 0.25) is 0 Å². The first-order valence-electron chi connectivity index (χ1n) is 13.3. The Morgan fingerprint density at radius 3 is 2.76 bits per heavy atom. The van der Waals surface area contributed by atoms with E-state index in [1.807, 2.05) is 6.07 Å². The van der Waals surface area contributed by atoms with Crippen molar-refractivity contribution in [3.8, 4) is 11.4 Å². The van der Waals surface area contributed by atoms with Gasteiger partial charge >= 0.3 is 0 Å². The molecule has 0 spiro atoms. The summed E-state index contributed by atoms with van der Waals surface area (Å²) in [5, 5.41) is 15.3. The third kappa shape index (κ3) is 6.44. The molecule has 0 atom stereocenters. The number of carbonyl (C=O) groups excluding carboxylic acids is 1. The summed E-state index contributed by atoms with van der Waals surface area (Å²) in [5.74, 6) is -1.04. The molecule has 0 unspecified atom stereocenters. The first-order valence-corrected chi connectivity index (χ1v) is 13.3. The maximum absolute atomic E-state index is 15.3. The van der Waals surface area contributed by atoms with Gasteiger partial charge in [0.05, 0.1) is 55.6 Å². The van der Waals surface area contributed by atoms with Gasteiger partial charge in [0.1, 0.15) is 5.69 Å². The normalized spacial score (nSPS) is 13.4. The number of fused-ring (bicyclic) bond motifs is 1. The van der Waals surface area contributed by atoms with Crippen molar-refractivity contribution in [2.45, 2.75) is 46.0 Å². The second-order valence-electron chi connectivity index (χ2n) is 10.0. The Morgan fingerprint density at radius 2 is 2.05 bits per heavy atom. The van der Waals surface area contributed by atoms with Crippen molar-refractivity contribution < 1.29 is 27.4 Å². The van der Waals surface area contributed by atoms with Crippen LogP contribution < -0.4 is 10.1 Å². The summed E-state index contributed by atoms with van der Waals surface area (Å²) < 4.78 is 54.3. The van der Waals surface area contributed by atoms with Crippen LogP contribution in [0.1, 0.15) is 44.1 Å². The van der Waals surface area contributed by atoms with Crippen LogP contribution in [-0.4, -0.2) is 74.3 Å². The number of alkyl halides is 2. The molecular formula is C28H31F3N8O3. The van der Waals surface area contributed by atoms with Crippen molar-refractivity contribution in [1.29, 1.82) is 0 Å². The molecule has 0 radical (unpaired) electrons. The molecule has 11 nitrogen and oxygen atoms in total. The summed E-state index contributed by atoms with van der Waals surface area (Å²) >= 11 is 0. The van der Waals surface area contributed by atoms with E-state index in [2.05, 4.69) is 25.7 Å². The fourth-order valence-corrected chi connectivity index (χ4v) is 4.98. The standard InChI is InChI=1S/C28H31F3N8O3/c1-17-11-39(36-34-17)24-4-5-25(42-3)27(31)20(24)10-33-28(40)21-13-38(35-23(21)16-41-2)12-18-8-19-6-7-37(15-26(29)30)14-22(19)32-9-18/h4-5,8-9,11,13,26H,6-7,10,12,14-16H2,1-3H3,(H,33,40). The number of rotatable bonds is 11. The molecule has 42 heavy (non-hydrogen) atoms. The van der Waals surface area contributed by atoms with Gasteiger partial charge in [-0.15, -0.1) is 5.10 Å². The molecule has 1 aliphatic rings. The topological polar surface area (TPSA) is 112 Å². The summed E-state index contributed by atoms with van der Waals surface area (Å²) in [5.41, 5.74) is 4.62. The number of aromatic nitrogens is 6. The average molecular weight is 585 g/mol. The second kappa shape index (κ2) is 12.7. The first kappa shape index (κ1) is 29.2. The van der Waals surface area contributed by atoms with Crippen LogP contribution in [0.5, 0.6) is 5.75 Å². The lowest BCUT2D eigenvalue weighted by Crippen LogP contribution is -2.34. The van der Waals surface area contributed by atoms with E-state index in [1.165, 1.54) is 25.0 Å². The molecule has 0 fully saturated rings. The summed E-state index contributed by atoms with van der Waals surface area (Å²) in [6.07, 6.45) is 3.20. The van der Waals surface area contributed by atoms with E-state index >= 15 is 4.39 Å². The van der Waals surface area contributed by atoms with Crippen LogP contribution in [0.25, 0.3) is 5.69 Å². The van der Waals surface area contributed by atoms with Crippen LogP contribution in [0, 0.1) is 12.7 Å². The third-order valence-electron chi connectivity index (χ3n) is 6.98. The Bertz CT molecular complexity index is 1570. The van der Waals surface area contributed by atoms with E-state index in [9.17, 15) is 13.6 Å². The minimum atomic E-state index is -2.38. The lowest BCUT2D eigenvalue weighted by molar-refractivity contribution is 0.0812. The second-order valence-corrected chi connectivity index (χ2v) is 10.0. The van der Waals surface area contributed by atoms with E-state index in [1.54, 1.807) is 41.2 Å². The zero-order valence-corrected chi connectivity index (χ0v) is 23.5. The monoisotopic (exact) mass is 584 g/mol. The molecule has 1 N–H and O–H groups in total. The van der Waals surface area contributed by atoms with E-state index < -0.39 is 18.1 Å². The highest BCUT2D eigenvalue weighted by Gasteiger charge is 2.22. The van der Waals surface area contributed by atoms with Crippen LogP contribution in [0.4, 0.5) is 13.2 Å². The third-order valence-corrected chi connectivity index (χ3v) is 6.98. The molecule has 3 aromatic heterocycles. The number of aryl methyl sites for hydroxylation is 1. The van der Waals surface area contributed by atoms with Crippen LogP contribution in [0.3, 0.4) is 0 Å². The van der Waals surface area contributed by atoms with Gasteiger partial charge in [0.25, 0.3) is 12.3 Å². The summed E-state index contributed by atoms with van der Waals surface area (Å²) in [6.45, 7) is 2.71. The van der Waals surface area contributed by atoms with Crippen molar-refractivity contribution in [3.05, 3.63) is 81.9 Å². The maximum Gasteiger partial charge on any atom is 0.255 e. The van der Waals surface area contributed by atoms with Gasteiger partial charge in [-0.05, 0) is 36.6 Å². The van der Waals surface area contributed by atoms with Gasteiger partial charge in [-0.25, -0.2) is 17.9 Å². The van der Waals surface area contributed by atoms with E-state index in [0.29, 0.717) is 43.1 Å². The molecule has 1 aromatic carbocycles. The number of methoxy groups -OCH3 is 2. The molecule has 0 saturated carbocycles. The van der Waals surface area contributed by atoms with Gasteiger partial charge in [0.15, 0.2) is 11.6 Å². The Labute approximate surface area is 240 Å². The quantitative estimate of drug-likeness (QED) is 0.286. The first-order chi connectivity index (χ1) is 20.2. The molecular weight excluding hydrogens is 553 g/mol. The fourth-order valence-electron chi connectivity index (χ4n) is 4.98. The molecule has 0 bridgehead atoms. The number of hydrogen-bond acceptors (Lipinski definition) is 8. The molecule has 14 heteroatoms. The molecule has 4 aromatic rings. The number of nitrogens with one attached hydrogen (secondary N) is 1. The number of halogens is 3. The van der Waals surface area contributed by atoms with E-state index in [0.717, 1.165) is 16.8 Å². The summed E-state index contributed by atoms with van der Waals surface area (Å²) in [7, 11) is 2.87. The Hall–Kier alpha value is -4.30. The molecule has 0 aliphatic carbocycles. The smallest absolute Gasteiger partial charge is 0.255 e. The van der Waals surface area contributed by atoms with Crippen LogP contribution in [-0.2, 0) is 37.4 Å². The lowest BCUT2D eigenvalue weighted by Gasteiger charge is -2.27. The largest absolute Gasteiger partial charge is 0.494 e. The Kier molecular flexibility index (Phi) is 8.83. The predicted molar refractivity (Wildman–Crippen MR) is 145 cm³/mol. The van der Waals surface area contributed by atoms with Gasteiger partial charge in [0, 0.05) is 44.7 Å². The zero-order chi connectivity index (χ0) is 29.8. The fraction of sp³-hybridized carbons (Fsp3) is 0.393. The van der Waals surface area contributed by atoms with Crippen molar-refractivity contribution in [1.82, 2.24) is 40.0 Å². The highest BCUT2D eigenvalue weighted by Crippen LogP contribution is 2.26. The number of benzene rings is 1. The Morgan fingerprint density at radius 1 is 1.21 bits per heavy atom. The van der Waals surface area contributed by atoms with Gasteiger partial charge < -0.3 is 14.8 Å². The van der Waals surface area contributed by atoms with Gasteiger partial charge in [-0.2, -0.15) is 5.10 Å². The Balaban J connectivity index is 1.33. The molecule has 0 saturated heterocycles. The minimum absolute atomic E-state index is 0.0353. The molecule has 4 heterocycles. The predicted octanol–water partition coefficient (Wildman–Crippen LogP) is 3.06. The van der Waals surface area contributed by atoms with Crippen molar-refractivity contribution >= 4 is 5.91 Å². The number of hydrogen-bond donors (Lipinski definition) is 1. The average Bonchev–Trinajstić information content (AvgIpc) is 3.57. The van der Waals surface area contributed by atoms with Crippen LogP contribution >= 0.6 is 0 Å². The highest BCUT2D eigenvalue weighted by molar-refractivity contribution is 5.95. The van der Waals surface area contributed by atoms with Gasteiger partial charge in [0.2, 0.25) is 0 Å². The highest BCUT2D eigenvalue weighted by atomic mass is 19.3. The molecule has 1 amide bonds. The number of amides is 1. The number of nitrogens with zero attached hydrogens (tertiary/aromatic N) is 7. The molecule has 222 valence electrons. The zero-order valence-electron chi connectivity index (χ0n) is 23.5. The van der Waals surface area contributed by atoms with Gasteiger partial charge in [-0.1, -0.05) is 11.3 Å². The number of pyridine rings is 1. The SMILES string of the molecule is COCc1nn(Cc2cnc3c(c2)CCN(CC(F)F)C3)cc1C(=O)NCc1c(-n2cc(C)nn2)ccc(OC)c1F. The van der Waals surface area contributed by atoms with E-state index in [4.69, 9.17) is 9.47 Å². The van der Waals surface area contributed by atoms with E-state index in [-0.39, 0.29) is 36.6 Å². The lowest BCUT2D eigenvalue weighted by atomic mass is 10.0. The summed E-state index contributed by atoms with van der Waals surface area (Å²) in [4.78, 5) is 19.5.